The van der Waals surface area contributed by atoms with Gasteiger partial charge in [0.05, 0.1) is 9.28 Å². The zero-order valence-electron chi connectivity index (χ0n) is 10.5. The van der Waals surface area contributed by atoms with Crippen LogP contribution in [-0.2, 0) is 4.79 Å². The lowest BCUT2D eigenvalue weighted by molar-refractivity contribution is -0.111. The molecule has 0 spiro atoms. The number of rotatable bonds is 4. The molecule has 0 unspecified atom stereocenters. The highest BCUT2D eigenvalue weighted by molar-refractivity contribution is 14.1. The molecule has 1 aliphatic heterocycles. The average Bonchev–Trinajstić information content (AvgIpc) is 3.21. The number of halogens is 2. The zero-order chi connectivity index (χ0) is 12.9. The topological polar surface area (TPSA) is 20.3 Å². The Kier molecular flexibility index (Phi) is 3.77. The van der Waals surface area contributed by atoms with Gasteiger partial charge in [0, 0.05) is 21.7 Å². The van der Waals surface area contributed by atoms with E-state index in [0.29, 0.717) is 17.6 Å². The van der Waals surface area contributed by atoms with Crippen LogP contribution in [0.25, 0.3) is 0 Å². The van der Waals surface area contributed by atoms with E-state index in [4.69, 9.17) is 0 Å². The van der Waals surface area contributed by atoms with Gasteiger partial charge in [0.2, 0.25) is 5.78 Å². The number of hydrogen-bond donors (Lipinski definition) is 0. The molecule has 3 aliphatic rings. The van der Waals surface area contributed by atoms with Crippen molar-refractivity contribution in [2.24, 2.45) is 11.8 Å². The van der Waals surface area contributed by atoms with E-state index in [9.17, 15) is 4.79 Å². The standard InChI is InChI=1S/C14H17I2NO/c1-2-7-17-12(9-5-6-9)11(16)14(18)13(17)10(15)8-3-4-8/h8-9H,2-7H2,1H3/b13-10+. The summed E-state index contributed by atoms with van der Waals surface area (Å²) in [6.45, 7) is 3.19. The van der Waals surface area contributed by atoms with Crippen molar-refractivity contribution in [2.75, 3.05) is 6.54 Å². The molecule has 0 aromatic heterocycles. The largest absolute Gasteiger partial charge is 0.340 e. The molecule has 0 bridgehead atoms. The highest BCUT2D eigenvalue weighted by Gasteiger charge is 2.43. The van der Waals surface area contributed by atoms with Crippen molar-refractivity contribution in [3.05, 3.63) is 18.6 Å². The number of allylic oxidation sites excluding steroid dienone is 3. The summed E-state index contributed by atoms with van der Waals surface area (Å²) in [7, 11) is 0. The minimum atomic E-state index is 0.294. The van der Waals surface area contributed by atoms with Crippen LogP contribution in [0.5, 0.6) is 0 Å². The van der Waals surface area contributed by atoms with Gasteiger partial charge in [-0.3, -0.25) is 4.79 Å². The smallest absolute Gasteiger partial charge is 0.218 e. The highest BCUT2D eigenvalue weighted by atomic mass is 127. The lowest BCUT2D eigenvalue weighted by Crippen LogP contribution is -2.23. The Morgan fingerprint density at radius 2 is 2.00 bits per heavy atom. The summed E-state index contributed by atoms with van der Waals surface area (Å²) in [4.78, 5) is 14.9. The van der Waals surface area contributed by atoms with Crippen LogP contribution in [0.2, 0.25) is 0 Å². The second kappa shape index (κ2) is 5.07. The third-order valence-corrected chi connectivity index (χ3v) is 6.21. The van der Waals surface area contributed by atoms with E-state index in [1.54, 1.807) is 0 Å². The molecule has 2 aliphatic carbocycles. The van der Waals surface area contributed by atoms with E-state index in [-0.39, 0.29) is 0 Å². The first kappa shape index (κ1) is 13.4. The summed E-state index contributed by atoms with van der Waals surface area (Å²) >= 11 is 4.69. The second-order valence-electron chi connectivity index (χ2n) is 5.43. The van der Waals surface area contributed by atoms with Crippen LogP contribution < -0.4 is 0 Å². The van der Waals surface area contributed by atoms with Gasteiger partial charge in [-0.15, -0.1) is 0 Å². The molecule has 4 heteroatoms. The van der Waals surface area contributed by atoms with Crippen LogP contribution in [0.4, 0.5) is 0 Å². The molecular formula is C14H17I2NO. The first-order chi connectivity index (χ1) is 8.65. The molecule has 2 fully saturated rings. The van der Waals surface area contributed by atoms with Crippen LogP contribution in [0.3, 0.4) is 0 Å². The van der Waals surface area contributed by atoms with Gasteiger partial charge in [0.15, 0.2) is 0 Å². The Balaban J connectivity index is 2.00. The lowest BCUT2D eigenvalue weighted by Gasteiger charge is -2.24. The molecule has 98 valence electrons. The maximum atomic E-state index is 12.5. The maximum Gasteiger partial charge on any atom is 0.218 e. The molecule has 0 atom stereocenters. The Bertz CT molecular complexity index is 458. The lowest BCUT2D eigenvalue weighted by atomic mass is 10.2. The van der Waals surface area contributed by atoms with Crippen LogP contribution >= 0.6 is 45.2 Å². The van der Waals surface area contributed by atoms with Crippen LogP contribution in [0.15, 0.2) is 18.6 Å². The number of hydrogen-bond acceptors (Lipinski definition) is 2. The maximum absolute atomic E-state index is 12.5. The third-order valence-electron chi connectivity index (χ3n) is 3.77. The van der Waals surface area contributed by atoms with Crippen molar-refractivity contribution in [1.82, 2.24) is 4.90 Å². The summed E-state index contributed by atoms with van der Waals surface area (Å²) in [6, 6.07) is 0. The summed E-state index contributed by atoms with van der Waals surface area (Å²) in [5.41, 5.74) is 2.36. The average molecular weight is 469 g/mol. The van der Waals surface area contributed by atoms with E-state index in [2.05, 4.69) is 57.0 Å². The molecular weight excluding hydrogens is 452 g/mol. The Morgan fingerprint density at radius 1 is 1.33 bits per heavy atom. The zero-order valence-corrected chi connectivity index (χ0v) is 14.8. The van der Waals surface area contributed by atoms with E-state index in [1.165, 1.54) is 35.0 Å². The molecule has 2 saturated carbocycles. The van der Waals surface area contributed by atoms with Crippen molar-refractivity contribution in [1.29, 1.82) is 0 Å². The Labute approximate surface area is 136 Å². The quantitative estimate of drug-likeness (QED) is 0.450. The molecule has 18 heavy (non-hydrogen) atoms. The minimum absolute atomic E-state index is 0.294. The number of nitrogens with zero attached hydrogens (tertiary/aromatic N) is 1. The van der Waals surface area contributed by atoms with Gasteiger partial charge in [-0.2, -0.15) is 0 Å². The number of ketones is 1. The van der Waals surface area contributed by atoms with Crippen molar-refractivity contribution in [2.45, 2.75) is 39.0 Å². The van der Waals surface area contributed by atoms with Gasteiger partial charge in [0.1, 0.15) is 0 Å². The summed E-state index contributed by atoms with van der Waals surface area (Å²) in [5, 5.41) is 0. The van der Waals surface area contributed by atoms with Crippen molar-refractivity contribution in [3.63, 3.8) is 0 Å². The molecule has 3 rings (SSSR count). The SMILES string of the molecule is CCCN1C(C2CC2)=C(I)C(=O)/C1=C(\I)C1CC1. The van der Waals surface area contributed by atoms with Crippen LogP contribution in [0.1, 0.15) is 39.0 Å². The van der Waals surface area contributed by atoms with E-state index in [0.717, 1.165) is 22.2 Å². The normalized spacial score (nSPS) is 27.3. The van der Waals surface area contributed by atoms with E-state index in [1.807, 2.05) is 0 Å². The number of carbonyl (C=O) groups is 1. The highest BCUT2D eigenvalue weighted by Crippen LogP contribution is 2.51. The van der Waals surface area contributed by atoms with Crippen LogP contribution in [0, 0.1) is 11.8 Å². The summed E-state index contributed by atoms with van der Waals surface area (Å²) in [6.07, 6.45) is 6.17. The first-order valence-electron chi connectivity index (χ1n) is 6.76. The van der Waals surface area contributed by atoms with E-state index < -0.39 is 0 Å². The molecule has 2 nitrogen and oxygen atoms in total. The summed E-state index contributed by atoms with van der Waals surface area (Å²) in [5.74, 6) is 1.63. The van der Waals surface area contributed by atoms with Crippen molar-refractivity contribution < 1.29 is 4.79 Å². The molecule has 0 aromatic carbocycles. The van der Waals surface area contributed by atoms with Crippen LogP contribution in [-0.4, -0.2) is 17.2 Å². The van der Waals surface area contributed by atoms with Gasteiger partial charge in [-0.1, -0.05) is 6.92 Å². The predicted molar refractivity (Wildman–Crippen MR) is 89.5 cm³/mol. The molecule has 0 radical (unpaired) electrons. The number of carbonyl (C=O) groups excluding carboxylic acids is 1. The second-order valence-corrected chi connectivity index (χ2v) is 7.67. The fourth-order valence-corrected chi connectivity index (χ4v) is 4.71. The molecule has 0 amide bonds. The van der Waals surface area contributed by atoms with Gasteiger partial charge in [-0.05, 0) is 83.2 Å². The third kappa shape index (κ3) is 2.27. The van der Waals surface area contributed by atoms with E-state index >= 15 is 0 Å². The fourth-order valence-electron chi connectivity index (χ4n) is 2.56. The monoisotopic (exact) mass is 469 g/mol. The van der Waals surface area contributed by atoms with Gasteiger partial charge < -0.3 is 4.90 Å². The first-order valence-corrected chi connectivity index (χ1v) is 8.92. The molecule has 0 aromatic rings. The van der Waals surface area contributed by atoms with Crippen molar-refractivity contribution >= 4 is 51.0 Å². The Morgan fingerprint density at radius 3 is 2.50 bits per heavy atom. The minimum Gasteiger partial charge on any atom is -0.340 e. The van der Waals surface area contributed by atoms with Gasteiger partial charge in [-0.25, -0.2) is 0 Å². The molecule has 0 N–H and O–H groups in total. The summed E-state index contributed by atoms with van der Waals surface area (Å²) < 4.78 is 2.31. The van der Waals surface area contributed by atoms with Gasteiger partial charge >= 0.3 is 0 Å². The van der Waals surface area contributed by atoms with Gasteiger partial charge in [0.25, 0.3) is 0 Å². The van der Waals surface area contributed by atoms with Crippen molar-refractivity contribution in [3.8, 4) is 0 Å². The molecule has 0 saturated heterocycles. The molecule has 1 heterocycles. The predicted octanol–water partition coefficient (Wildman–Crippen LogP) is 4.39. The Hall–Kier alpha value is 0.410. The fraction of sp³-hybridized carbons (Fsp3) is 0.643. The number of Topliss-reactive ketones (excluding diaryl/α,β-unsaturated/α-hetero) is 1.